The molecule has 0 aliphatic heterocycles. The van der Waals surface area contributed by atoms with Crippen LogP contribution in [0, 0.1) is 0 Å². The zero-order valence-corrected chi connectivity index (χ0v) is 12.6. The lowest BCUT2D eigenvalue weighted by Crippen LogP contribution is -2.34. The molecule has 0 aliphatic carbocycles. The predicted molar refractivity (Wildman–Crippen MR) is 75.4 cm³/mol. The van der Waals surface area contributed by atoms with Crippen molar-refractivity contribution < 1.29 is 13.2 Å². The highest BCUT2D eigenvalue weighted by Crippen LogP contribution is 2.27. The van der Waals surface area contributed by atoms with Crippen LogP contribution >= 0.6 is 15.9 Å². The number of nitrogens with zero attached hydrogens (tertiary/aromatic N) is 1. The summed E-state index contributed by atoms with van der Waals surface area (Å²) >= 11 is 3.39. The molecule has 2 nitrogen and oxygen atoms in total. The van der Waals surface area contributed by atoms with Gasteiger partial charge in [0.05, 0.1) is 0 Å². The van der Waals surface area contributed by atoms with Crippen molar-refractivity contribution in [2.24, 2.45) is 5.73 Å². The average molecular weight is 339 g/mol. The van der Waals surface area contributed by atoms with Crippen molar-refractivity contribution in [2.75, 3.05) is 18.0 Å². The van der Waals surface area contributed by atoms with Gasteiger partial charge >= 0.3 is 6.18 Å². The molecule has 0 saturated carbocycles. The number of halogens is 4. The van der Waals surface area contributed by atoms with Crippen molar-refractivity contribution in [1.82, 2.24) is 0 Å². The number of alkyl halides is 3. The predicted octanol–water partition coefficient (Wildman–Crippen LogP) is 3.73. The second kappa shape index (κ2) is 6.61. The molecule has 0 amide bonds. The second-order valence-corrected chi connectivity index (χ2v) is 5.44. The molecule has 0 aliphatic rings. The Morgan fingerprint density at radius 1 is 1.37 bits per heavy atom. The lowest BCUT2D eigenvalue weighted by molar-refractivity contribution is -0.119. The topological polar surface area (TPSA) is 29.3 Å². The molecule has 1 rings (SSSR count). The number of anilines is 1. The van der Waals surface area contributed by atoms with Crippen molar-refractivity contribution in [1.29, 1.82) is 0 Å². The van der Waals surface area contributed by atoms with Crippen molar-refractivity contribution in [3.63, 3.8) is 0 Å². The number of hydrogen-bond acceptors (Lipinski definition) is 2. The molecule has 1 atom stereocenters. The zero-order chi connectivity index (χ0) is 14.6. The second-order valence-electron chi connectivity index (χ2n) is 4.59. The van der Waals surface area contributed by atoms with Gasteiger partial charge in [0.25, 0.3) is 0 Å². The van der Waals surface area contributed by atoms with E-state index in [2.05, 4.69) is 15.9 Å². The lowest BCUT2D eigenvalue weighted by Gasteiger charge is -2.25. The lowest BCUT2D eigenvalue weighted by atomic mass is 10.1. The van der Waals surface area contributed by atoms with Crippen molar-refractivity contribution in [3.8, 4) is 0 Å². The van der Waals surface area contributed by atoms with Crippen LogP contribution in [0.25, 0.3) is 0 Å². The summed E-state index contributed by atoms with van der Waals surface area (Å²) in [6.07, 6.45) is -3.51. The largest absolute Gasteiger partial charge is 0.405 e. The Labute approximate surface area is 119 Å². The van der Waals surface area contributed by atoms with E-state index in [1.54, 1.807) is 19.1 Å². The minimum absolute atomic E-state index is 0.0135. The molecule has 0 bridgehead atoms. The number of nitrogens with two attached hydrogens (primary N) is 1. The zero-order valence-electron chi connectivity index (χ0n) is 11.0. The fraction of sp³-hybridized carbons (Fsp3) is 0.538. The first kappa shape index (κ1) is 16.3. The highest BCUT2D eigenvalue weighted by Gasteiger charge is 2.30. The Kier molecular flexibility index (Phi) is 5.67. The van der Waals surface area contributed by atoms with Crippen molar-refractivity contribution in [3.05, 3.63) is 28.2 Å². The molecule has 2 N–H and O–H groups in total. The molecule has 0 saturated heterocycles. The first-order chi connectivity index (χ1) is 8.73. The van der Waals surface area contributed by atoms with Gasteiger partial charge in [-0.3, -0.25) is 0 Å². The fourth-order valence-electron chi connectivity index (χ4n) is 1.85. The van der Waals surface area contributed by atoms with E-state index in [9.17, 15) is 13.2 Å². The number of hydrogen-bond donors (Lipinski definition) is 1. The smallest absolute Gasteiger partial charge is 0.363 e. The van der Waals surface area contributed by atoms with Gasteiger partial charge in [-0.05, 0) is 38.0 Å². The van der Waals surface area contributed by atoms with Crippen LogP contribution in [0.15, 0.2) is 22.7 Å². The normalized spacial score (nSPS) is 13.4. The minimum atomic E-state index is -4.20. The monoisotopic (exact) mass is 338 g/mol. The van der Waals surface area contributed by atoms with E-state index in [1.807, 2.05) is 13.0 Å². The maximum absolute atomic E-state index is 12.5. The van der Waals surface area contributed by atoms with E-state index in [4.69, 9.17) is 5.73 Å². The molecular weight excluding hydrogens is 321 g/mol. The minimum Gasteiger partial charge on any atom is -0.363 e. The van der Waals surface area contributed by atoms with E-state index in [0.717, 1.165) is 10.0 Å². The van der Waals surface area contributed by atoms with E-state index < -0.39 is 12.7 Å². The summed E-state index contributed by atoms with van der Waals surface area (Å²) in [5, 5.41) is 0. The van der Waals surface area contributed by atoms with Crippen LogP contribution in [0.3, 0.4) is 0 Å². The molecule has 6 heteroatoms. The molecule has 19 heavy (non-hydrogen) atoms. The van der Waals surface area contributed by atoms with Gasteiger partial charge in [-0.2, -0.15) is 13.2 Å². The summed E-state index contributed by atoms with van der Waals surface area (Å²) in [6.45, 7) is 2.96. The summed E-state index contributed by atoms with van der Waals surface area (Å²) in [5.41, 5.74) is 7.28. The molecule has 0 heterocycles. The summed E-state index contributed by atoms with van der Waals surface area (Å²) in [7, 11) is 0. The Morgan fingerprint density at radius 3 is 2.42 bits per heavy atom. The third-order valence-electron chi connectivity index (χ3n) is 2.70. The van der Waals surface area contributed by atoms with Gasteiger partial charge in [0.15, 0.2) is 0 Å². The van der Waals surface area contributed by atoms with Crippen LogP contribution < -0.4 is 10.6 Å². The number of rotatable bonds is 5. The molecule has 1 aromatic rings. The molecule has 0 fully saturated rings. The average Bonchev–Trinajstić information content (AvgIpc) is 2.27. The Balaban J connectivity index is 2.91. The van der Waals surface area contributed by atoms with Gasteiger partial charge in [-0.15, -0.1) is 0 Å². The van der Waals surface area contributed by atoms with Gasteiger partial charge in [0.1, 0.15) is 6.54 Å². The first-order valence-electron chi connectivity index (χ1n) is 6.08. The van der Waals surface area contributed by atoms with Gasteiger partial charge in [0.2, 0.25) is 0 Å². The van der Waals surface area contributed by atoms with Gasteiger partial charge < -0.3 is 10.6 Å². The van der Waals surface area contributed by atoms with E-state index in [-0.39, 0.29) is 6.04 Å². The van der Waals surface area contributed by atoms with Gasteiger partial charge in [0, 0.05) is 22.7 Å². The van der Waals surface area contributed by atoms with Crippen LogP contribution in [-0.2, 0) is 6.42 Å². The molecule has 108 valence electrons. The Morgan fingerprint density at radius 2 is 2.00 bits per heavy atom. The van der Waals surface area contributed by atoms with E-state index >= 15 is 0 Å². The van der Waals surface area contributed by atoms with Gasteiger partial charge in [-0.25, -0.2) is 0 Å². The van der Waals surface area contributed by atoms with Gasteiger partial charge in [-0.1, -0.05) is 22.0 Å². The summed E-state index contributed by atoms with van der Waals surface area (Å²) in [5.74, 6) is 0. The molecule has 0 radical (unpaired) electrons. The van der Waals surface area contributed by atoms with Crippen molar-refractivity contribution >= 4 is 21.6 Å². The molecular formula is C13H18BrF3N2. The molecule has 0 spiro atoms. The summed E-state index contributed by atoms with van der Waals surface area (Å²) in [4.78, 5) is 1.29. The Hall–Kier alpha value is -0.750. The van der Waals surface area contributed by atoms with E-state index in [1.165, 1.54) is 4.90 Å². The third-order valence-corrected chi connectivity index (χ3v) is 3.43. The van der Waals surface area contributed by atoms with Crippen LogP contribution in [0.2, 0.25) is 0 Å². The van der Waals surface area contributed by atoms with Crippen LogP contribution in [0.5, 0.6) is 0 Å². The van der Waals surface area contributed by atoms with E-state index in [0.29, 0.717) is 18.7 Å². The standard InChI is InChI=1S/C13H18BrF3N2/c1-3-19(8-13(15,16)17)11-5-4-10(6-9(2)18)12(14)7-11/h4-5,7,9H,3,6,8,18H2,1-2H3. The molecule has 1 unspecified atom stereocenters. The SMILES string of the molecule is CCN(CC(F)(F)F)c1ccc(CC(C)N)c(Br)c1. The summed E-state index contributed by atoms with van der Waals surface area (Å²) in [6, 6.07) is 5.26. The fourth-order valence-corrected chi connectivity index (χ4v) is 2.38. The van der Waals surface area contributed by atoms with Crippen LogP contribution in [0.1, 0.15) is 19.4 Å². The maximum Gasteiger partial charge on any atom is 0.405 e. The highest BCUT2D eigenvalue weighted by molar-refractivity contribution is 9.10. The van der Waals surface area contributed by atoms with Crippen LogP contribution in [-0.4, -0.2) is 25.3 Å². The molecule has 0 aromatic heterocycles. The Bertz CT molecular complexity index is 419. The van der Waals surface area contributed by atoms with Crippen molar-refractivity contribution in [2.45, 2.75) is 32.5 Å². The summed E-state index contributed by atoms with van der Waals surface area (Å²) < 4.78 is 38.2. The number of benzene rings is 1. The third kappa shape index (κ3) is 5.40. The first-order valence-corrected chi connectivity index (χ1v) is 6.88. The highest BCUT2D eigenvalue weighted by atomic mass is 79.9. The molecule has 1 aromatic carbocycles. The quantitative estimate of drug-likeness (QED) is 0.886. The maximum atomic E-state index is 12.5. The van der Waals surface area contributed by atoms with Crippen LogP contribution in [0.4, 0.5) is 18.9 Å².